The monoisotopic (exact) mass is 521 g/mol. The molecule has 1 aliphatic rings. The third kappa shape index (κ3) is 5.69. The van der Waals surface area contributed by atoms with Crippen LogP contribution < -0.4 is 10.6 Å². The highest BCUT2D eigenvalue weighted by Gasteiger charge is 2.48. The summed E-state index contributed by atoms with van der Waals surface area (Å²) in [6, 6.07) is 15.4. The first-order chi connectivity index (χ1) is 17.7. The van der Waals surface area contributed by atoms with Crippen LogP contribution in [0.25, 0.3) is 0 Å². The van der Waals surface area contributed by atoms with Crippen molar-refractivity contribution in [1.82, 2.24) is 25.1 Å². The number of rotatable bonds is 9. The molecule has 0 spiro atoms. The SMILES string of the molecule is CCCN1C(=O)c2c(C(=O)NCCc3ccc(Cl)cc3)ncn2CC1(C)C(=O)NCc1ccc(C)cc1. The van der Waals surface area contributed by atoms with Crippen molar-refractivity contribution in [3.8, 4) is 0 Å². The molecular weight excluding hydrogens is 490 g/mol. The molecule has 0 radical (unpaired) electrons. The molecule has 0 saturated heterocycles. The number of halogens is 1. The molecule has 0 fully saturated rings. The minimum atomic E-state index is -1.12. The van der Waals surface area contributed by atoms with Crippen molar-refractivity contribution in [3.05, 3.63) is 88.0 Å². The van der Waals surface area contributed by atoms with Gasteiger partial charge in [-0.05, 0) is 49.9 Å². The largest absolute Gasteiger partial charge is 0.350 e. The second-order valence-corrected chi connectivity index (χ2v) is 10.0. The summed E-state index contributed by atoms with van der Waals surface area (Å²) in [5, 5.41) is 6.50. The lowest BCUT2D eigenvalue weighted by molar-refractivity contribution is -0.133. The number of fused-ring (bicyclic) bond motifs is 1. The summed E-state index contributed by atoms with van der Waals surface area (Å²) in [5.74, 6) is -1.04. The van der Waals surface area contributed by atoms with E-state index in [2.05, 4.69) is 15.6 Å². The van der Waals surface area contributed by atoms with Crippen LogP contribution >= 0.6 is 11.6 Å². The second kappa shape index (κ2) is 11.2. The molecule has 1 unspecified atom stereocenters. The normalized spacial score (nSPS) is 16.9. The van der Waals surface area contributed by atoms with Gasteiger partial charge in [0.2, 0.25) is 5.91 Å². The van der Waals surface area contributed by atoms with Crippen LogP contribution in [0.4, 0.5) is 0 Å². The van der Waals surface area contributed by atoms with Gasteiger partial charge in [0, 0.05) is 24.7 Å². The minimum absolute atomic E-state index is 0.0734. The number of nitrogens with zero attached hydrogens (tertiary/aromatic N) is 3. The average Bonchev–Trinajstić information content (AvgIpc) is 3.31. The van der Waals surface area contributed by atoms with Crippen LogP contribution in [0.1, 0.15) is 57.9 Å². The molecule has 4 rings (SSSR count). The molecule has 2 N–H and O–H groups in total. The minimum Gasteiger partial charge on any atom is -0.350 e. The number of carbonyl (C=O) groups is 3. The first-order valence-electron chi connectivity index (χ1n) is 12.5. The van der Waals surface area contributed by atoms with Crippen LogP contribution in [0, 0.1) is 6.92 Å². The number of aryl methyl sites for hydroxylation is 1. The summed E-state index contributed by atoms with van der Waals surface area (Å²) in [4.78, 5) is 45.8. The van der Waals surface area contributed by atoms with E-state index in [1.807, 2.05) is 50.2 Å². The number of hydrogen-bond donors (Lipinski definition) is 2. The smallest absolute Gasteiger partial charge is 0.273 e. The number of aromatic nitrogens is 2. The maximum atomic E-state index is 13.6. The highest BCUT2D eigenvalue weighted by atomic mass is 35.5. The average molecular weight is 522 g/mol. The molecular formula is C28H32ClN5O3. The van der Waals surface area contributed by atoms with E-state index in [1.54, 1.807) is 28.5 Å². The molecule has 3 amide bonds. The van der Waals surface area contributed by atoms with Crippen molar-refractivity contribution in [2.24, 2.45) is 0 Å². The molecule has 0 bridgehead atoms. The van der Waals surface area contributed by atoms with E-state index in [9.17, 15) is 14.4 Å². The molecule has 3 aromatic rings. The number of nitrogens with one attached hydrogen (secondary N) is 2. The number of imidazole rings is 1. The zero-order valence-electron chi connectivity index (χ0n) is 21.4. The van der Waals surface area contributed by atoms with Crippen molar-refractivity contribution in [2.75, 3.05) is 13.1 Å². The van der Waals surface area contributed by atoms with E-state index in [0.29, 0.717) is 37.5 Å². The topological polar surface area (TPSA) is 96.3 Å². The third-order valence-corrected chi connectivity index (χ3v) is 6.95. The summed E-state index contributed by atoms with van der Waals surface area (Å²) in [7, 11) is 0. The highest BCUT2D eigenvalue weighted by molar-refractivity contribution is 6.30. The second-order valence-electron chi connectivity index (χ2n) is 9.60. The molecule has 1 atom stereocenters. The third-order valence-electron chi connectivity index (χ3n) is 6.70. The molecule has 194 valence electrons. The molecule has 1 aliphatic heterocycles. The van der Waals surface area contributed by atoms with E-state index in [1.165, 1.54) is 6.33 Å². The van der Waals surface area contributed by atoms with Gasteiger partial charge in [-0.25, -0.2) is 4.98 Å². The van der Waals surface area contributed by atoms with E-state index < -0.39 is 11.4 Å². The number of benzene rings is 2. The number of amides is 3. The lowest BCUT2D eigenvalue weighted by atomic mass is 9.93. The van der Waals surface area contributed by atoms with Gasteiger partial charge in [-0.15, -0.1) is 0 Å². The Kier molecular flexibility index (Phi) is 7.97. The zero-order chi connectivity index (χ0) is 26.6. The maximum absolute atomic E-state index is 13.6. The zero-order valence-corrected chi connectivity index (χ0v) is 22.1. The van der Waals surface area contributed by atoms with E-state index >= 15 is 0 Å². The first kappa shape index (κ1) is 26.4. The van der Waals surface area contributed by atoms with Crippen molar-refractivity contribution in [3.63, 3.8) is 0 Å². The lowest BCUT2D eigenvalue weighted by Gasteiger charge is -2.43. The Morgan fingerprint density at radius 1 is 1.05 bits per heavy atom. The fourth-order valence-electron chi connectivity index (χ4n) is 4.56. The molecule has 2 heterocycles. The van der Waals surface area contributed by atoms with E-state index in [-0.39, 0.29) is 29.7 Å². The first-order valence-corrected chi connectivity index (χ1v) is 12.8. The van der Waals surface area contributed by atoms with Gasteiger partial charge in [-0.3, -0.25) is 14.4 Å². The van der Waals surface area contributed by atoms with Gasteiger partial charge in [0.1, 0.15) is 11.2 Å². The molecule has 0 aliphatic carbocycles. The number of hydrogen-bond acceptors (Lipinski definition) is 4. The van der Waals surface area contributed by atoms with Gasteiger partial charge in [0.15, 0.2) is 5.69 Å². The molecule has 1 aromatic heterocycles. The Bertz CT molecular complexity index is 1290. The lowest BCUT2D eigenvalue weighted by Crippen LogP contribution is -2.64. The quantitative estimate of drug-likeness (QED) is 0.448. The summed E-state index contributed by atoms with van der Waals surface area (Å²) in [5.41, 5.74) is 2.33. The Hall–Kier alpha value is -3.65. The molecule has 37 heavy (non-hydrogen) atoms. The summed E-state index contributed by atoms with van der Waals surface area (Å²) < 4.78 is 1.62. The summed E-state index contributed by atoms with van der Waals surface area (Å²) in [6.45, 7) is 7.07. The van der Waals surface area contributed by atoms with Crippen molar-refractivity contribution in [2.45, 2.75) is 52.2 Å². The van der Waals surface area contributed by atoms with Crippen LogP contribution in [0.15, 0.2) is 54.9 Å². The van der Waals surface area contributed by atoms with Crippen LogP contribution in [-0.4, -0.2) is 50.8 Å². The summed E-state index contributed by atoms with van der Waals surface area (Å²) >= 11 is 5.93. The predicted octanol–water partition coefficient (Wildman–Crippen LogP) is 3.76. The van der Waals surface area contributed by atoms with Gasteiger partial charge in [0.05, 0.1) is 12.9 Å². The van der Waals surface area contributed by atoms with Gasteiger partial charge in [0.25, 0.3) is 11.8 Å². The van der Waals surface area contributed by atoms with Gasteiger partial charge < -0.3 is 20.1 Å². The maximum Gasteiger partial charge on any atom is 0.273 e. The van der Waals surface area contributed by atoms with Gasteiger partial charge in [-0.2, -0.15) is 0 Å². The van der Waals surface area contributed by atoms with Crippen molar-refractivity contribution >= 4 is 29.3 Å². The van der Waals surface area contributed by atoms with Crippen LogP contribution in [-0.2, 0) is 24.3 Å². The van der Waals surface area contributed by atoms with Crippen LogP contribution in [0.3, 0.4) is 0 Å². The molecule has 8 nitrogen and oxygen atoms in total. The highest BCUT2D eigenvalue weighted by Crippen LogP contribution is 2.29. The fourth-order valence-corrected chi connectivity index (χ4v) is 4.69. The van der Waals surface area contributed by atoms with Gasteiger partial charge >= 0.3 is 0 Å². The van der Waals surface area contributed by atoms with Crippen molar-refractivity contribution < 1.29 is 14.4 Å². The Balaban J connectivity index is 1.48. The fraction of sp³-hybridized carbons (Fsp3) is 0.357. The molecule has 2 aromatic carbocycles. The van der Waals surface area contributed by atoms with E-state index in [4.69, 9.17) is 11.6 Å². The standard InChI is InChI=1S/C28H32ClN5O3/c1-4-15-34-26(36)24-23(25(35)30-14-13-20-9-11-22(29)12-10-20)32-18-33(24)17-28(34,3)27(37)31-16-21-7-5-19(2)6-8-21/h5-12,18H,4,13-17H2,1-3H3,(H,30,35)(H,31,37). The van der Waals surface area contributed by atoms with Crippen LogP contribution in [0.5, 0.6) is 0 Å². The van der Waals surface area contributed by atoms with Gasteiger partial charge in [-0.1, -0.05) is 60.5 Å². The predicted molar refractivity (Wildman–Crippen MR) is 142 cm³/mol. The molecule has 0 saturated carbocycles. The number of carbonyl (C=O) groups excluding carboxylic acids is 3. The summed E-state index contributed by atoms with van der Waals surface area (Å²) in [6.07, 6.45) is 2.76. The van der Waals surface area contributed by atoms with Crippen molar-refractivity contribution in [1.29, 1.82) is 0 Å². The van der Waals surface area contributed by atoms with Crippen LogP contribution in [0.2, 0.25) is 5.02 Å². The molecule has 9 heteroatoms. The Morgan fingerprint density at radius 2 is 1.73 bits per heavy atom. The Morgan fingerprint density at radius 3 is 2.41 bits per heavy atom. The van der Waals surface area contributed by atoms with E-state index in [0.717, 1.165) is 16.7 Å². The Labute approximate surface area is 222 Å².